The van der Waals surface area contributed by atoms with Crippen LogP contribution in [0.4, 0.5) is 4.79 Å². The van der Waals surface area contributed by atoms with Crippen LogP contribution in [-0.2, 0) is 16.1 Å². The second-order valence-electron chi connectivity index (χ2n) is 6.14. The molecule has 1 unspecified atom stereocenters. The maximum atomic E-state index is 12.7. The van der Waals surface area contributed by atoms with Crippen molar-refractivity contribution in [3.05, 3.63) is 70.6 Å². The van der Waals surface area contributed by atoms with Gasteiger partial charge in [0.2, 0.25) is 0 Å². The third-order valence-corrected chi connectivity index (χ3v) is 5.09. The molecule has 2 aromatic carbocycles. The molecule has 1 saturated heterocycles. The summed E-state index contributed by atoms with van der Waals surface area (Å²) in [7, 11) is 0. The molecule has 3 rings (SSSR count). The van der Waals surface area contributed by atoms with Crippen molar-refractivity contribution in [2.75, 3.05) is 0 Å². The van der Waals surface area contributed by atoms with Crippen molar-refractivity contribution in [1.82, 2.24) is 4.90 Å². The molecule has 2 amide bonds. The van der Waals surface area contributed by atoms with E-state index < -0.39 is 12.1 Å². The zero-order chi connectivity index (χ0) is 20.1. The number of rotatable bonds is 7. The smallest absolute Gasteiger partial charge is 0.344 e. The fourth-order valence-electron chi connectivity index (χ4n) is 2.71. The van der Waals surface area contributed by atoms with E-state index in [0.717, 1.165) is 17.3 Å². The van der Waals surface area contributed by atoms with Crippen LogP contribution in [0.25, 0.3) is 6.08 Å². The second kappa shape index (κ2) is 8.75. The summed E-state index contributed by atoms with van der Waals surface area (Å²) in [5, 5.41) is 8.87. The largest absolute Gasteiger partial charge is 0.479 e. The molecule has 7 heteroatoms. The third kappa shape index (κ3) is 4.43. The number of nitrogens with zero attached hydrogens (tertiary/aromatic N) is 1. The molecule has 0 radical (unpaired) electrons. The Labute approximate surface area is 166 Å². The summed E-state index contributed by atoms with van der Waals surface area (Å²) in [5.41, 5.74) is 1.41. The topological polar surface area (TPSA) is 83.9 Å². The normalized spacial score (nSPS) is 16.5. The van der Waals surface area contributed by atoms with Crippen molar-refractivity contribution >= 4 is 35.0 Å². The lowest BCUT2D eigenvalue weighted by Gasteiger charge is -2.15. The van der Waals surface area contributed by atoms with Gasteiger partial charge in [0.25, 0.3) is 11.1 Å². The van der Waals surface area contributed by atoms with E-state index in [1.165, 1.54) is 4.90 Å². The van der Waals surface area contributed by atoms with Gasteiger partial charge in [-0.3, -0.25) is 14.5 Å². The van der Waals surface area contributed by atoms with Crippen molar-refractivity contribution in [3.8, 4) is 5.75 Å². The summed E-state index contributed by atoms with van der Waals surface area (Å²) in [6.07, 6.45) is 0.888. The lowest BCUT2D eigenvalue weighted by atomic mass is 10.1. The minimum absolute atomic E-state index is 0.206. The standard InChI is InChI=1S/C21H19NO5S/c1-2-16(20(24)25)27-17-11-7-6-10-15(17)12-18-19(23)22(21(26)28-18)13-14-8-4-3-5-9-14/h3-12,16H,2,13H2,1H3,(H,24,25)/b18-12+. The maximum Gasteiger partial charge on any atom is 0.344 e. The zero-order valence-electron chi connectivity index (χ0n) is 15.2. The van der Waals surface area contributed by atoms with Crippen LogP contribution in [-0.4, -0.2) is 33.2 Å². The van der Waals surface area contributed by atoms with Crippen LogP contribution in [0.5, 0.6) is 5.75 Å². The quantitative estimate of drug-likeness (QED) is 0.706. The second-order valence-corrected chi connectivity index (χ2v) is 7.14. The van der Waals surface area contributed by atoms with Crippen LogP contribution in [0.2, 0.25) is 0 Å². The zero-order valence-corrected chi connectivity index (χ0v) is 16.0. The Morgan fingerprint density at radius 1 is 1.14 bits per heavy atom. The number of hydrogen-bond donors (Lipinski definition) is 1. The van der Waals surface area contributed by atoms with Gasteiger partial charge in [-0.15, -0.1) is 0 Å². The van der Waals surface area contributed by atoms with Gasteiger partial charge in [-0.05, 0) is 35.9 Å². The monoisotopic (exact) mass is 397 g/mol. The highest BCUT2D eigenvalue weighted by Gasteiger charge is 2.35. The van der Waals surface area contributed by atoms with E-state index in [9.17, 15) is 19.5 Å². The number of carboxylic acid groups (broad SMARTS) is 1. The fraction of sp³-hybridized carbons (Fsp3) is 0.190. The number of ether oxygens (including phenoxy) is 1. The van der Waals surface area contributed by atoms with Gasteiger partial charge >= 0.3 is 5.97 Å². The van der Waals surface area contributed by atoms with E-state index in [1.807, 2.05) is 30.3 Å². The van der Waals surface area contributed by atoms with Gasteiger partial charge < -0.3 is 9.84 Å². The first-order valence-corrected chi connectivity index (χ1v) is 9.59. The number of carbonyl (C=O) groups is 3. The van der Waals surface area contributed by atoms with Crippen LogP contribution >= 0.6 is 11.8 Å². The Balaban J connectivity index is 1.83. The summed E-state index contributed by atoms with van der Waals surface area (Å²) < 4.78 is 5.59. The van der Waals surface area contributed by atoms with E-state index in [-0.39, 0.29) is 22.6 Å². The van der Waals surface area contributed by atoms with Gasteiger partial charge in [-0.1, -0.05) is 55.5 Å². The molecular formula is C21H19NO5S. The Morgan fingerprint density at radius 2 is 1.82 bits per heavy atom. The summed E-state index contributed by atoms with van der Waals surface area (Å²) in [6, 6.07) is 16.1. The number of para-hydroxylation sites is 1. The van der Waals surface area contributed by atoms with Crippen molar-refractivity contribution < 1.29 is 24.2 Å². The first-order chi connectivity index (χ1) is 13.5. The summed E-state index contributed by atoms with van der Waals surface area (Å²) in [5.74, 6) is -1.08. The predicted molar refractivity (Wildman–Crippen MR) is 107 cm³/mol. The first kappa shape index (κ1) is 19.7. The van der Waals surface area contributed by atoms with Gasteiger partial charge in [0, 0.05) is 5.56 Å². The van der Waals surface area contributed by atoms with Crippen molar-refractivity contribution in [2.45, 2.75) is 26.0 Å². The van der Waals surface area contributed by atoms with Crippen molar-refractivity contribution in [3.63, 3.8) is 0 Å². The van der Waals surface area contributed by atoms with Gasteiger partial charge in [0.15, 0.2) is 6.10 Å². The molecular weight excluding hydrogens is 378 g/mol. The van der Waals surface area contributed by atoms with Crippen molar-refractivity contribution in [2.24, 2.45) is 0 Å². The van der Waals surface area contributed by atoms with Crippen LogP contribution in [0, 0.1) is 0 Å². The number of aliphatic carboxylic acids is 1. The van der Waals surface area contributed by atoms with Crippen molar-refractivity contribution in [1.29, 1.82) is 0 Å². The molecule has 1 fully saturated rings. The highest BCUT2D eigenvalue weighted by molar-refractivity contribution is 8.18. The number of imide groups is 1. The highest BCUT2D eigenvalue weighted by atomic mass is 32.2. The Bertz CT molecular complexity index is 925. The van der Waals surface area contributed by atoms with Gasteiger partial charge in [0.05, 0.1) is 11.4 Å². The molecule has 1 aliphatic rings. The molecule has 0 saturated carbocycles. The lowest BCUT2D eigenvalue weighted by Crippen LogP contribution is -2.27. The Morgan fingerprint density at radius 3 is 2.50 bits per heavy atom. The van der Waals surface area contributed by atoms with E-state index in [1.54, 1.807) is 37.3 Å². The van der Waals surface area contributed by atoms with Gasteiger partial charge in [-0.25, -0.2) is 4.79 Å². The average Bonchev–Trinajstić information content (AvgIpc) is 2.95. The molecule has 1 N–H and O–H groups in total. The minimum atomic E-state index is -1.06. The van der Waals surface area contributed by atoms with E-state index in [0.29, 0.717) is 17.7 Å². The predicted octanol–water partition coefficient (Wildman–Crippen LogP) is 4.17. The summed E-state index contributed by atoms with van der Waals surface area (Å²) in [4.78, 5) is 37.7. The van der Waals surface area contributed by atoms with Crippen LogP contribution in [0.1, 0.15) is 24.5 Å². The van der Waals surface area contributed by atoms with E-state index >= 15 is 0 Å². The lowest BCUT2D eigenvalue weighted by molar-refractivity contribution is -0.145. The number of carbonyl (C=O) groups excluding carboxylic acids is 2. The van der Waals surface area contributed by atoms with Crippen LogP contribution < -0.4 is 4.74 Å². The molecule has 1 aliphatic heterocycles. The molecule has 0 spiro atoms. The number of thioether (sulfide) groups is 1. The fourth-order valence-corrected chi connectivity index (χ4v) is 3.54. The molecule has 28 heavy (non-hydrogen) atoms. The third-order valence-electron chi connectivity index (χ3n) is 4.18. The molecule has 1 heterocycles. The number of carboxylic acids is 1. The Hall–Kier alpha value is -3.06. The van der Waals surface area contributed by atoms with Crippen LogP contribution in [0.3, 0.4) is 0 Å². The average molecular weight is 397 g/mol. The number of benzene rings is 2. The summed E-state index contributed by atoms with van der Waals surface area (Å²) >= 11 is 0.862. The Kier molecular flexibility index (Phi) is 6.16. The summed E-state index contributed by atoms with van der Waals surface area (Å²) in [6.45, 7) is 1.92. The first-order valence-electron chi connectivity index (χ1n) is 8.77. The molecule has 1 atom stereocenters. The molecule has 6 nitrogen and oxygen atoms in total. The SMILES string of the molecule is CCC(Oc1ccccc1/C=C1/SC(=O)N(Cc2ccccc2)C1=O)C(=O)O. The minimum Gasteiger partial charge on any atom is -0.479 e. The molecule has 0 aliphatic carbocycles. The molecule has 0 aromatic heterocycles. The molecule has 2 aromatic rings. The molecule has 144 valence electrons. The number of hydrogen-bond acceptors (Lipinski definition) is 5. The molecule has 0 bridgehead atoms. The highest BCUT2D eigenvalue weighted by Crippen LogP contribution is 2.35. The van der Waals surface area contributed by atoms with E-state index in [2.05, 4.69) is 0 Å². The number of amides is 2. The van der Waals surface area contributed by atoms with Gasteiger partial charge in [0.1, 0.15) is 5.75 Å². The van der Waals surface area contributed by atoms with E-state index in [4.69, 9.17) is 4.74 Å². The van der Waals surface area contributed by atoms with Crippen LogP contribution in [0.15, 0.2) is 59.5 Å². The maximum absolute atomic E-state index is 12.7. The van der Waals surface area contributed by atoms with Gasteiger partial charge in [-0.2, -0.15) is 0 Å².